The number of hydrogen-bond donors (Lipinski definition) is 1. The minimum atomic E-state index is 0.695. The summed E-state index contributed by atoms with van der Waals surface area (Å²) in [5.74, 6) is 3.37. The van der Waals surface area contributed by atoms with Gasteiger partial charge >= 0.3 is 0 Å². The van der Waals surface area contributed by atoms with Gasteiger partial charge in [0.05, 0.1) is 0 Å². The van der Waals surface area contributed by atoms with E-state index in [1.54, 1.807) is 6.33 Å². The number of nitrogens with one attached hydrogen (secondary N) is 1. The molecule has 0 radical (unpaired) electrons. The van der Waals surface area contributed by atoms with E-state index >= 15 is 0 Å². The molecule has 0 aromatic carbocycles. The van der Waals surface area contributed by atoms with Crippen LogP contribution < -0.4 is 10.2 Å². The van der Waals surface area contributed by atoms with Gasteiger partial charge in [-0.3, -0.25) is 0 Å². The minimum absolute atomic E-state index is 0.695. The first-order valence-corrected chi connectivity index (χ1v) is 6.44. The fourth-order valence-electron chi connectivity index (χ4n) is 3.18. The van der Waals surface area contributed by atoms with Crippen molar-refractivity contribution in [2.45, 2.75) is 6.92 Å². The predicted octanol–water partition coefficient (Wildman–Crippen LogP) is 0.0883. The molecule has 2 aromatic heterocycles. The Bertz CT molecular complexity index is 579. The monoisotopic (exact) mass is 244 g/mol. The topological polar surface area (TPSA) is 58.4 Å². The first kappa shape index (κ1) is 10.3. The maximum Gasteiger partial charge on any atom is 0.254 e. The first-order valence-electron chi connectivity index (χ1n) is 6.44. The normalized spacial score (nSPS) is 27.1. The summed E-state index contributed by atoms with van der Waals surface area (Å²) in [5, 5.41) is 7.75. The highest BCUT2D eigenvalue weighted by Gasteiger charge is 2.37. The van der Waals surface area contributed by atoms with E-state index in [4.69, 9.17) is 0 Å². The summed E-state index contributed by atoms with van der Waals surface area (Å²) >= 11 is 0. The Hall–Kier alpha value is -1.69. The Morgan fingerprint density at radius 2 is 2.06 bits per heavy atom. The van der Waals surface area contributed by atoms with Crippen molar-refractivity contribution >= 4 is 11.6 Å². The molecular weight excluding hydrogens is 228 g/mol. The number of fused-ring (bicyclic) bond motifs is 2. The van der Waals surface area contributed by atoms with Crippen molar-refractivity contribution in [3.8, 4) is 0 Å². The van der Waals surface area contributed by atoms with Gasteiger partial charge in [-0.2, -0.15) is 14.6 Å². The molecule has 2 unspecified atom stereocenters. The third-order valence-corrected chi connectivity index (χ3v) is 4.07. The van der Waals surface area contributed by atoms with Crippen molar-refractivity contribution in [2.75, 3.05) is 31.1 Å². The third-order valence-electron chi connectivity index (χ3n) is 4.07. The third kappa shape index (κ3) is 1.42. The molecule has 1 N–H and O–H groups in total. The number of anilines is 1. The molecule has 2 fully saturated rings. The zero-order valence-electron chi connectivity index (χ0n) is 10.4. The summed E-state index contributed by atoms with van der Waals surface area (Å²) in [6.07, 6.45) is 1.57. The van der Waals surface area contributed by atoms with Gasteiger partial charge in [-0.1, -0.05) is 0 Å². The molecule has 2 aromatic rings. The summed E-state index contributed by atoms with van der Waals surface area (Å²) in [6.45, 7) is 6.51. The number of nitrogens with zero attached hydrogens (tertiary/aromatic N) is 5. The van der Waals surface area contributed by atoms with Crippen molar-refractivity contribution in [2.24, 2.45) is 11.8 Å². The quantitative estimate of drug-likeness (QED) is 0.770. The molecule has 2 saturated heterocycles. The van der Waals surface area contributed by atoms with Gasteiger partial charge in [-0.15, -0.1) is 0 Å². The zero-order valence-corrected chi connectivity index (χ0v) is 10.4. The maximum absolute atomic E-state index is 4.39. The lowest BCUT2D eigenvalue weighted by Crippen LogP contribution is -2.27. The van der Waals surface area contributed by atoms with Crippen LogP contribution in [0.1, 0.15) is 5.69 Å². The van der Waals surface area contributed by atoms with E-state index in [0.29, 0.717) is 5.78 Å². The molecule has 6 nitrogen and oxygen atoms in total. The van der Waals surface area contributed by atoms with Crippen molar-refractivity contribution in [1.82, 2.24) is 24.9 Å². The molecule has 2 aliphatic rings. The molecule has 0 bridgehead atoms. The summed E-state index contributed by atoms with van der Waals surface area (Å²) in [6, 6.07) is 2.11. The molecule has 2 atom stereocenters. The van der Waals surface area contributed by atoms with Crippen molar-refractivity contribution in [1.29, 1.82) is 0 Å². The van der Waals surface area contributed by atoms with E-state index in [1.165, 1.54) is 0 Å². The van der Waals surface area contributed by atoms with Crippen LogP contribution in [-0.2, 0) is 0 Å². The number of aryl methyl sites for hydroxylation is 1. The van der Waals surface area contributed by atoms with E-state index in [9.17, 15) is 0 Å². The van der Waals surface area contributed by atoms with Crippen LogP contribution in [0.2, 0.25) is 0 Å². The zero-order chi connectivity index (χ0) is 12.1. The molecule has 2 aliphatic heterocycles. The van der Waals surface area contributed by atoms with Crippen molar-refractivity contribution < 1.29 is 0 Å². The fraction of sp³-hybridized carbons (Fsp3) is 0.583. The van der Waals surface area contributed by atoms with Crippen LogP contribution in [0.4, 0.5) is 5.82 Å². The van der Waals surface area contributed by atoms with Gasteiger partial charge in [0.2, 0.25) is 0 Å². The van der Waals surface area contributed by atoms with E-state index < -0.39 is 0 Å². The van der Waals surface area contributed by atoms with E-state index in [-0.39, 0.29) is 0 Å². The molecule has 18 heavy (non-hydrogen) atoms. The Morgan fingerprint density at radius 1 is 1.28 bits per heavy atom. The summed E-state index contributed by atoms with van der Waals surface area (Å²) in [4.78, 5) is 11.0. The van der Waals surface area contributed by atoms with E-state index in [2.05, 4.69) is 31.3 Å². The minimum Gasteiger partial charge on any atom is -0.356 e. The average molecular weight is 244 g/mol. The highest BCUT2D eigenvalue weighted by Crippen LogP contribution is 2.30. The Labute approximate surface area is 105 Å². The lowest BCUT2D eigenvalue weighted by Gasteiger charge is -2.20. The van der Waals surface area contributed by atoms with Gasteiger partial charge in [0.15, 0.2) is 0 Å². The maximum atomic E-state index is 4.39. The van der Waals surface area contributed by atoms with Crippen molar-refractivity contribution in [3.63, 3.8) is 0 Å². The van der Waals surface area contributed by atoms with Gasteiger partial charge < -0.3 is 10.2 Å². The van der Waals surface area contributed by atoms with Gasteiger partial charge in [0.1, 0.15) is 12.1 Å². The second-order valence-electron chi connectivity index (χ2n) is 5.31. The number of hydrogen-bond acceptors (Lipinski definition) is 5. The highest BCUT2D eigenvalue weighted by atomic mass is 15.4. The number of rotatable bonds is 1. The lowest BCUT2D eigenvalue weighted by molar-refractivity contribution is 0.533. The first-order chi connectivity index (χ1) is 8.81. The van der Waals surface area contributed by atoms with Crippen LogP contribution in [0.3, 0.4) is 0 Å². The summed E-state index contributed by atoms with van der Waals surface area (Å²) in [5.41, 5.74) is 1.00. The SMILES string of the molecule is Cc1cc(N2CC3CNCC3C2)n2ncnc2n1. The van der Waals surface area contributed by atoms with Gasteiger partial charge in [0.25, 0.3) is 5.78 Å². The smallest absolute Gasteiger partial charge is 0.254 e. The van der Waals surface area contributed by atoms with Crippen LogP contribution in [0.15, 0.2) is 12.4 Å². The molecule has 0 spiro atoms. The van der Waals surface area contributed by atoms with Crippen LogP contribution in [0, 0.1) is 18.8 Å². The Balaban J connectivity index is 1.76. The molecule has 94 valence electrons. The second-order valence-corrected chi connectivity index (χ2v) is 5.31. The van der Waals surface area contributed by atoms with Crippen LogP contribution in [0.25, 0.3) is 5.78 Å². The van der Waals surface area contributed by atoms with Gasteiger partial charge in [-0.05, 0) is 18.8 Å². The molecular formula is C12H16N6. The fourth-order valence-corrected chi connectivity index (χ4v) is 3.18. The largest absolute Gasteiger partial charge is 0.356 e. The Kier molecular flexibility index (Phi) is 2.08. The summed E-state index contributed by atoms with van der Waals surface area (Å²) in [7, 11) is 0. The van der Waals surface area contributed by atoms with Crippen LogP contribution in [0.5, 0.6) is 0 Å². The standard InChI is InChI=1S/C12H16N6/c1-8-2-11(18-12(16-8)14-7-15-18)17-5-9-3-13-4-10(9)6-17/h2,7,9-10,13H,3-6H2,1H3. The van der Waals surface area contributed by atoms with Crippen LogP contribution >= 0.6 is 0 Å². The Morgan fingerprint density at radius 3 is 2.83 bits per heavy atom. The average Bonchev–Trinajstić information content (AvgIpc) is 3.01. The molecule has 6 heteroatoms. The molecule has 0 amide bonds. The van der Waals surface area contributed by atoms with Gasteiger partial charge in [-0.25, -0.2) is 4.98 Å². The van der Waals surface area contributed by atoms with Gasteiger partial charge in [0, 0.05) is 37.9 Å². The number of aromatic nitrogens is 4. The molecule has 0 aliphatic carbocycles. The van der Waals surface area contributed by atoms with E-state index in [1.807, 2.05) is 11.4 Å². The molecule has 4 rings (SSSR count). The van der Waals surface area contributed by atoms with Crippen molar-refractivity contribution in [3.05, 3.63) is 18.1 Å². The van der Waals surface area contributed by atoms with Crippen LogP contribution in [-0.4, -0.2) is 45.8 Å². The second kappa shape index (κ2) is 3.65. The van der Waals surface area contributed by atoms with E-state index in [0.717, 1.165) is 49.5 Å². The molecule has 4 heterocycles. The predicted molar refractivity (Wildman–Crippen MR) is 67.6 cm³/mol. The lowest BCUT2D eigenvalue weighted by atomic mass is 10.0. The molecule has 0 saturated carbocycles. The summed E-state index contributed by atoms with van der Waals surface area (Å²) < 4.78 is 1.85. The highest BCUT2D eigenvalue weighted by molar-refractivity contribution is 5.48.